The van der Waals surface area contributed by atoms with E-state index in [4.69, 9.17) is 4.74 Å². The van der Waals surface area contributed by atoms with E-state index in [9.17, 15) is 0 Å². The second-order valence-corrected chi connectivity index (χ2v) is 5.99. The van der Waals surface area contributed by atoms with Crippen LogP contribution in [0.2, 0.25) is 0 Å². The third-order valence-electron chi connectivity index (χ3n) is 4.53. The van der Waals surface area contributed by atoms with Gasteiger partial charge in [0.15, 0.2) is 0 Å². The second-order valence-electron chi connectivity index (χ2n) is 5.99. The molecule has 0 aromatic heterocycles. The molecule has 0 bridgehead atoms. The van der Waals surface area contributed by atoms with Crippen LogP contribution >= 0.6 is 0 Å². The molecule has 0 amide bonds. The van der Waals surface area contributed by atoms with Crippen LogP contribution in [0.4, 0.5) is 0 Å². The van der Waals surface area contributed by atoms with Gasteiger partial charge < -0.3 is 10.1 Å². The average molecular weight is 274 g/mol. The van der Waals surface area contributed by atoms with Crippen LogP contribution in [0, 0.1) is 0 Å². The highest BCUT2D eigenvalue weighted by atomic mass is 16.5. The SMILES string of the molecule is c1ccc(C(CNC2CCCOC2)N2CCCC2)cc1. The summed E-state index contributed by atoms with van der Waals surface area (Å²) in [6.45, 7) is 5.33. The molecule has 2 aliphatic heterocycles. The van der Waals surface area contributed by atoms with Crippen LogP contribution in [0.25, 0.3) is 0 Å². The predicted molar refractivity (Wildman–Crippen MR) is 81.8 cm³/mol. The van der Waals surface area contributed by atoms with E-state index in [1.807, 2.05) is 0 Å². The van der Waals surface area contributed by atoms with Gasteiger partial charge >= 0.3 is 0 Å². The van der Waals surface area contributed by atoms with Gasteiger partial charge in [-0.25, -0.2) is 0 Å². The van der Waals surface area contributed by atoms with Crippen LogP contribution < -0.4 is 5.32 Å². The minimum atomic E-state index is 0.514. The maximum Gasteiger partial charge on any atom is 0.0619 e. The predicted octanol–water partition coefficient (Wildman–Crippen LogP) is 2.59. The lowest BCUT2D eigenvalue weighted by Gasteiger charge is -2.31. The molecule has 1 aromatic rings. The first kappa shape index (κ1) is 14.1. The van der Waals surface area contributed by atoms with Crippen LogP contribution in [0.15, 0.2) is 30.3 Å². The zero-order valence-electron chi connectivity index (χ0n) is 12.3. The molecule has 2 aliphatic rings. The molecular formula is C17H26N2O. The van der Waals surface area contributed by atoms with E-state index in [1.54, 1.807) is 0 Å². The summed E-state index contributed by atoms with van der Waals surface area (Å²) >= 11 is 0. The van der Waals surface area contributed by atoms with Crippen molar-refractivity contribution >= 4 is 0 Å². The van der Waals surface area contributed by atoms with Crippen molar-refractivity contribution in [3.63, 3.8) is 0 Å². The van der Waals surface area contributed by atoms with Gasteiger partial charge in [-0.1, -0.05) is 30.3 Å². The Hall–Kier alpha value is -0.900. The van der Waals surface area contributed by atoms with Crippen LogP contribution in [0.3, 0.4) is 0 Å². The summed E-state index contributed by atoms with van der Waals surface area (Å²) in [4.78, 5) is 2.63. The molecule has 20 heavy (non-hydrogen) atoms. The smallest absolute Gasteiger partial charge is 0.0619 e. The van der Waals surface area contributed by atoms with E-state index in [0.717, 1.165) is 19.8 Å². The quantitative estimate of drug-likeness (QED) is 0.893. The van der Waals surface area contributed by atoms with Gasteiger partial charge in [0.25, 0.3) is 0 Å². The Bertz CT molecular complexity index is 383. The molecule has 110 valence electrons. The first-order chi connectivity index (χ1) is 9.93. The summed E-state index contributed by atoms with van der Waals surface area (Å²) in [6, 6.07) is 12.0. The molecule has 2 unspecified atom stereocenters. The molecule has 3 heteroatoms. The van der Waals surface area contributed by atoms with Crippen molar-refractivity contribution < 1.29 is 4.74 Å². The molecule has 2 saturated heterocycles. The summed E-state index contributed by atoms with van der Waals surface area (Å²) in [6.07, 6.45) is 5.13. The van der Waals surface area contributed by atoms with E-state index in [2.05, 4.69) is 40.5 Å². The number of nitrogens with one attached hydrogen (secondary N) is 1. The zero-order chi connectivity index (χ0) is 13.6. The third kappa shape index (κ3) is 3.60. The number of rotatable bonds is 5. The van der Waals surface area contributed by atoms with Crippen LogP contribution in [0.5, 0.6) is 0 Å². The van der Waals surface area contributed by atoms with Gasteiger partial charge in [0, 0.05) is 25.2 Å². The van der Waals surface area contributed by atoms with Gasteiger partial charge in [0.1, 0.15) is 0 Å². The molecule has 0 radical (unpaired) electrons. The summed E-state index contributed by atoms with van der Waals surface area (Å²) in [5.74, 6) is 0. The van der Waals surface area contributed by atoms with E-state index in [0.29, 0.717) is 12.1 Å². The first-order valence-corrected chi connectivity index (χ1v) is 8.03. The Kier molecular flexibility index (Phi) is 5.06. The van der Waals surface area contributed by atoms with Crippen LogP contribution in [-0.4, -0.2) is 43.8 Å². The normalized spacial score (nSPS) is 25.7. The van der Waals surface area contributed by atoms with Gasteiger partial charge in [-0.3, -0.25) is 4.90 Å². The van der Waals surface area contributed by atoms with E-state index >= 15 is 0 Å². The zero-order valence-corrected chi connectivity index (χ0v) is 12.3. The Morgan fingerprint density at radius 2 is 1.95 bits per heavy atom. The lowest BCUT2D eigenvalue weighted by Crippen LogP contribution is -2.42. The van der Waals surface area contributed by atoms with Crippen molar-refractivity contribution in [1.29, 1.82) is 0 Å². The maximum absolute atomic E-state index is 5.57. The van der Waals surface area contributed by atoms with Gasteiger partial charge in [0.05, 0.1) is 6.61 Å². The number of ether oxygens (including phenoxy) is 1. The Morgan fingerprint density at radius 1 is 1.15 bits per heavy atom. The highest BCUT2D eigenvalue weighted by Gasteiger charge is 2.24. The fraction of sp³-hybridized carbons (Fsp3) is 0.647. The van der Waals surface area contributed by atoms with Crippen molar-refractivity contribution in [2.24, 2.45) is 0 Å². The number of hydrogen-bond donors (Lipinski definition) is 1. The fourth-order valence-electron chi connectivity index (χ4n) is 3.37. The summed E-state index contributed by atoms with van der Waals surface area (Å²) in [5, 5.41) is 3.73. The standard InChI is InChI=1S/C17H26N2O/c1-2-7-15(8-3-1)17(19-10-4-5-11-19)13-18-16-9-6-12-20-14-16/h1-3,7-8,16-18H,4-6,9-14H2. The first-order valence-electron chi connectivity index (χ1n) is 8.03. The van der Waals surface area contributed by atoms with E-state index in [1.165, 1.54) is 44.3 Å². The molecule has 1 N–H and O–H groups in total. The molecule has 1 aromatic carbocycles. The van der Waals surface area contributed by atoms with Crippen molar-refractivity contribution in [3.8, 4) is 0 Å². The highest BCUT2D eigenvalue weighted by molar-refractivity contribution is 5.19. The van der Waals surface area contributed by atoms with Gasteiger partial charge in [0.2, 0.25) is 0 Å². The van der Waals surface area contributed by atoms with Crippen molar-refractivity contribution in [2.45, 2.75) is 37.8 Å². The van der Waals surface area contributed by atoms with E-state index in [-0.39, 0.29) is 0 Å². The topological polar surface area (TPSA) is 24.5 Å². The van der Waals surface area contributed by atoms with Gasteiger partial charge in [-0.05, 0) is 44.3 Å². The molecule has 0 spiro atoms. The molecule has 2 atom stereocenters. The van der Waals surface area contributed by atoms with Gasteiger partial charge in [-0.2, -0.15) is 0 Å². The van der Waals surface area contributed by atoms with E-state index < -0.39 is 0 Å². The van der Waals surface area contributed by atoms with Gasteiger partial charge in [-0.15, -0.1) is 0 Å². The molecular weight excluding hydrogens is 248 g/mol. The minimum Gasteiger partial charge on any atom is -0.380 e. The Labute approximate surface area is 122 Å². The van der Waals surface area contributed by atoms with Crippen molar-refractivity contribution in [2.75, 3.05) is 32.8 Å². The molecule has 2 fully saturated rings. The van der Waals surface area contributed by atoms with Crippen molar-refractivity contribution in [1.82, 2.24) is 10.2 Å². The molecule has 2 heterocycles. The highest BCUT2D eigenvalue weighted by Crippen LogP contribution is 2.24. The molecule has 3 rings (SSSR count). The lowest BCUT2D eigenvalue weighted by molar-refractivity contribution is 0.0673. The fourth-order valence-corrected chi connectivity index (χ4v) is 3.37. The summed E-state index contributed by atoms with van der Waals surface area (Å²) in [7, 11) is 0. The Morgan fingerprint density at radius 3 is 2.65 bits per heavy atom. The second kappa shape index (κ2) is 7.21. The largest absolute Gasteiger partial charge is 0.380 e. The number of benzene rings is 1. The number of nitrogens with zero attached hydrogens (tertiary/aromatic N) is 1. The maximum atomic E-state index is 5.57. The number of hydrogen-bond acceptors (Lipinski definition) is 3. The minimum absolute atomic E-state index is 0.514. The monoisotopic (exact) mass is 274 g/mol. The summed E-state index contributed by atoms with van der Waals surface area (Å²) < 4.78 is 5.57. The number of likely N-dealkylation sites (tertiary alicyclic amines) is 1. The molecule has 0 aliphatic carbocycles. The summed E-state index contributed by atoms with van der Waals surface area (Å²) in [5.41, 5.74) is 1.44. The van der Waals surface area contributed by atoms with Crippen molar-refractivity contribution in [3.05, 3.63) is 35.9 Å². The lowest BCUT2D eigenvalue weighted by atomic mass is 10.0. The van der Waals surface area contributed by atoms with Crippen LogP contribution in [-0.2, 0) is 4.74 Å². The molecule has 0 saturated carbocycles. The Balaban J connectivity index is 1.62. The average Bonchev–Trinajstić information content (AvgIpc) is 3.04. The van der Waals surface area contributed by atoms with Crippen LogP contribution in [0.1, 0.15) is 37.3 Å². The third-order valence-corrected chi connectivity index (χ3v) is 4.53. The molecule has 3 nitrogen and oxygen atoms in total.